The molecule has 2 saturated heterocycles. The first-order valence-corrected chi connectivity index (χ1v) is 15.0. The lowest BCUT2D eigenvalue weighted by molar-refractivity contribution is -0.140. The quantitative estimate of drug-likeness (QED) is 0.397. The molecule has 250 valence electrons. The van der Waals surface area contributed by atoms with E-state index in [0.29, 0.717) is 42.5 Å². The number of nitrogens with one attached hydrogen (secondary N) is 1. The van der Waals surface area contributed by atoms with Gasteiger partial charge >= 0.3 is 12.1 Å². The minimum Gasteiger partial charge on any atom is -0.478 e. The van der Waals surface area contributed by atoms with E-state index in [2.05, 4.69) is 5.32 Å². The van der Waals surface area contributed by atoms with E-state index in [1.807, 2.05) is 23.9 Å². The number of nitrogens with zero attached hydrogens (tertiary/aromatic N) is 4. The summed E-state index contributed by atoms with van der Waals surface area (Å²) in [6.07, 6.45) is -4.29. The summed E-state index contributed by atoms with van der Waals surface area (Å²) in [7, 11) is 3.80. The molecule has 0 radical (unpaired) electrons. The highest BCUT2D eigenvalue weighted by molar-refractivity contribution is 5.98. The number of aryl methyl sites for hydroxylation is 1. The Balaban J connectivity index is 1.56. The van der Waals surface area contributed by atoms with Crippen LogP contribution in [0.25, 0.3) is 0 Å². The Labute approximate surface area is 264 Å². The zero-order valence-corrected chi connectivity index (χ0v) is 26.4. The van der Waals surface area contributed by atoms with Crippen molar-refractivity contribution < 1.29 is 41.8 Å². The molecule has 2 fully saturated rings. The van der Waals surface area contributed by atoms with Crippen LogP contribution in [0.3, 0.4) is 0 Å². The molecule has 0 saturated carbocycles. The predicted molar refractivity (Wildman–Crippen MR) is 162 cm³/mol. The topological polar surface area (TPSA) is 114 Å². The number of carbonyl (C=O) groups excluding carboxylic acids is 3. The Hall–Kier alpha value is -4.20. The van der Waals surface area contributed by atoms with E-state index >= 15 is 0 Å². The summed E-state index contributed by atoms with van der Waals surface area (Å²) in [5.74, 6) is -4.42. The van der Waals surface area contributed by atoms with Gasteiger partial charge in [-0.25, -0.2) is 9.18 Å². The van der Waals surface area contributed by atoms with Crippen LogP contribution in [-0.2, 0) is 15.8 Å². The van der Waals surface area contributed by atoms with Crippen molar-refractivity contribution in [3.63, 3.8) is 0 Å². The summed E-state index contributed by atoms with van der Waals surface area (Å²) >= 11 is 0. The lowest BCUT2D eigenvalue weighted by Crippen LogP contribution is -2.60. The van der Waals surface area contributed by atoms with Crippen LogP contribution in [0.4, 0.5) is 23.2 Å². The smallest absolute Gasteiger partial charge is 0.416 e. The highest BCUT2D eigenvalue weighted by Gasteiger charge is 2.54. The van der Waals surface area contributed by atoms with Gasteiger partial charge in [-0.1, -0.05) is 13.8 Å². The van der Waals surface area contributed by atoms with Crippen LogP contribution in [0.1, 0.15) is 58.5 Å². The number of aromatic carboxylic acids is 1. The van der Waals surface area contributed by atoms with Crippen molar-refractivity contribution in [3.8, 4) is 0 Å². The zero-order chi connectivity index (χ0) is 34.1. The van der Waals surface area contributed by atoms with E-state index in [4.69, 9.17) is 0 Å². The lowest BCUT2D eigenvalue weighted by atomic mass is 9.84. The molecule has 2 N–H and O–H groups in total. The molecule has 14 heteroatoms. The third kappa shape index (κ3) is 6.96. The molecule has 0 bridgehead atoms. The van der Waals surface area contributed by atoms with Gasteiger partial charge in [0.05, 0.1) is 23.4 Å². The fourth-order valence-electron chi connectivity index (χ4n) is 6.04. The fourth-order valence-corrected chi connectivity index (χ4v) is 6.04. The normalized spacial score (nSPS) is 17.3. The third-order valence-electron chi connectivity index (χ3n) is 8.74. The van der Waals surface area contributed by atoms with Gasteiger partial charge in [-0.2, -0.15) is 13.2 Å². The van der Waals surface area contributed by atoms with Gasteiger partial charge in [-0.3, -0.25) is 14.4 Å². The summed E-state index contributed by atoms with van der Waals surface area (Å²) in [6, 6.07) is 5.29. The molecule has 2 aliphatic heterocycles. The molecule has 1 atom stereocenters. The predicted octanol–water partition coefficient (Wildman–Crippen LogP) is 3.83. The Morgan fingerprint density at radius 3 is 2.24 bits per heavy atom. The van der Waals surface area contributed by atoms with Crippen LogP contribution in [0.2, 0.25) is 0 Å². The van der Waals surface area contributed by atoms with E-state index in [-0.39, 0.29) is 44.1 Å². The second-order valence-corrected chi connectivity index (χ2v) is 12.5. The van der Waals surface area contributed by atoms with Crippen LogP contribution >= 0.6 is 0 Å². The summed E-state index contributed by atoms with van der Waals surface area (Å²) in [5.41, 5.74) is -1.64. The highest BCUT2D eigenvalue weighted by atomic mass is 19.4. The molecule has 2 aliphatic rings. The van der Waals surface area contributed by atoms with E-state index in [0.717, 1.165) is 0 Å². The molecule has 0 aromatic heterocycles. The van der Waals surface area contributed by atoms with E-state index in [9.17, 15) is 41.8 Å². The second kappa shape index (κ2) is 13.3. The molecule has 1 spiro atoms. The van der Waals surface area contributed by atoms with Crippen LogP contribution in [0, 0.1) is 18.7 Å². The number of amides is 3. The van der Waals surface area contributed by atoms with Gasteiger partial charge in [-0.05, 0) is 81.7 Å². The van der Waals surface area contributed by atoms with Crippen LogP contribution in [0.5, 0.6) is 0 Å². The van der Waals surface area contributed by atoms with Crippen molar-refractivity contribution in [2.24, 2.45) is 5.92 Å². The second-order valence-electron chi connectivity index (χ2n) is 12.5. The van der Waals surface area contributed by atoms with Gasteiger partial charge in [0, 0.05) is 31.9 Å². The minimum absolute atomic E-state index is 0.102. The van der Waals surface area contributed by atoms with Gasteiger partial charge in [0.1, 0.15) is 17.4 Å². The number of anilines is 1. The van der Waals surface area contributed by atoms with Crippen molar-refractivity contribution in [2.75, 3.05) is 51.8 Å². The Morgan fingerprint density at radius 2 is 1.70 bits per heavy atom. The van der Waals surface area contributed by atoms with Gasteiger partial charge in [0.25, 0.3) is 5.91 Å². The molecular weight excluding hydrogens is 610 g/mol. The highest BCUT2D eigenvalue weighted by Crippen LogP contribution is 2.40. The monoisotopic (exact) mass is 649 g/mol. The minimum atomic E-state index is -4.79. The first kappa shape index (κ1) is 34.7. The number of carbonyl (C=O) groups is 4. The first-order chi connectivity index (χ1) is 21.5. The largest absolute Gasteiger partial charge is 0.478 e. The number of hydrogen-bond donors (Lipinski definition) is 2. The van der Waals surface area contributed by atoms with Crippen LogP contribution in [-0.4, -0.2) is 102 Å². The summed E-state index contributed by atoms with van der Waals surface area (Å²) in [4.78, 5) is 59.4. The number of piperidine rings is 1. The maximum absolute atomic E-state index is 14.4. The van der Waals surface area contributed by atoms with Gasteiger partial charge in [-0.15, -0.1) is 0 Å². The molecule has 4 rings (SSSR count). The van der Waals surface area contributed by atoms with E-state index in [1.54, 1.807) is 37.8 Å². The lowest BCUT2D eigenvalue weighted by Gasteiger charge is -2.44. The average Bonchev–Trinajstić information content (AvgIpc) is 3.24. The Kier molecular flexibility index (Phi) is 10.00. The third-order valence-corrected chi connectivity index (χ3v) is 8.74. The maximum Gasteiger partial charge on any atom is 0.416 e. The van der Waals surface area contributed by atoms with Crippen molar-refractivity contribution in [1.29, 1.82) is 0 Å². The van der Waals surface area contributed by atoms with Crippen molar-refractivity contribution in [1.82, 2.24) is 20.0 Å². The zero-order valence-electron chi connectivity index (χ0n) is 26.4. The van der Waals surface area contributed by atoms with Gasteiger partial charge < -0.3 is 30.0 Å². The number of benzene rings is 2. The molecule has 46 heavy (non-hydrogen) atoms. The fraction of sp³-hybridized carbons (Fsp3) is 0.500. The number of carboxylic acids is 1. The van der Waals surface area contributed by atoms with Crippen LogP contribution < -0.4 is 10.2 Å². The molecule has 3 amide bonds. The van der Waals surface area contributed by atoms with E-state index in [1.165, 1.54) is 11.0 Å². The molecule has 2 heterocycles. The molecule has 0 aliphatic carbocycles. The summed E-state index contributed by atoms with van der Waals surface area (Å²) in [5, 5.41) is 11.9. The van der Waals surface area contributed by atoms with Crippen LogP contribution in [0.15, 0.2) is 36.4 Å². The Bertz CT molecular complexity index is 1500. The van der Waals surface area contributed by atoms with Crippen molar-refractivity contribution >= 4 is 29.4 Å². The van der Waals surface area contributed by atoms with Crippen molar-refractivity contribution in [3.05, 3.63) is 64.5 Å². The maximum atomic E-state index is 14.4. The van der Waals surface area contributed by atoms with E-state index < -0.39 is 58.4 Å². The SMILES string of the molecule is Cc1cc(N2CN(CCN(C)C)C(=O)C23CCN(C(=O)C(NC(=O)c2cc(C(F)(F)F)ccc2F)C(C)C)CC3)ccc1C(=O)O. The summed E-state index contributed by atoms with van der Waals surface area (Å²) < 4.78 is 54.1. The molecule has 2 aromatic carbocycles. The number of carboxylic acid groups (broad SMARTS) is 1. The van der Waals surface area contributed by atoms with Gasteiger partial charge in [0.2, 0.25) is 11.8 Å². The number of likely N-dealkylation sites (tertiary alicyclic amines) is 1. The first-order valence-electron chi connectivity index (χ1n) is 15.0. The number of halogens is 4. The average molecular weight is 650 g/mol. The molecule has 2 aromatic rings. The standard InChI is InChI=1S/C32H39F4N5O5/c1-19(2)26(37-27(42)24-17-21(32(34,35)36)6-9-25(24)33)28(43)39-12-10-31(11-13-39)30(46)40(15-14-38(4)5)18-41(31)22-7-8-23(29(44)45)20(3)16-22/h6-9,16-17,19,26H,10-15,18H2,1-5H3,(H,37,42)(H,44,45). The molecular formula is C32H39F4N5O5. The number of likely N-dealkylation sites (N-methyl/N-ethyl adjacent to an activating group) is 1. The number of alkyl halides is 3. The molecule has 1 unspecified atom stereocenters. The van der Waals surface area contributed by atoms with Crippen molar-refractivity contribution in [2.45, 2.75) is 51.4 Å². The Morgan fingerprint density at radius 1 is 1.04 bits per heavy atom. The number of hydrogen-bond acceptors (Lipinski definition) is 6. The number of rotatable bonds is 9. The molecule has 10 nitrogen and oxygen atoms in total. The van der Waals surface area contributed by atoms with Gasteiger partial charge in [0.15, 0.2) is 0 Å². The summed E-state index contributed by atoms with van der Waals surface area (Å²) in [6.45, 7) is 6.66.